The van der Waals surface area contributed by atoms with Gasteiger partial charge < -0.3 is 15.4 Å². The molecule has 0 aliphatic heterocycles. The van der Waals surface area contributed by atoms with Gasteiger partial charge in [-0.25, -0.2) is 8.78 Å². The van der Waals surface area contributed by atoms with Gasteiger partial charge in [0.25, 0.3) is 0 Å². The first-order valence-corrected chi connectivity index (χ1v) is 7.99. The Labute approximate surface area is 146 Å². The number of aryl methyl sites for hydroxylation is 1. The number of benzene rings is 2. The largest absolute Gasteiger partial charge is 0.497 e. The number of hydrogen-bond donors (Lipinski definition) is 2. The van der Waals surface area contributed by atoms with Crippen LogP contribution in [0.4, 0.5) is 8.78 Å². The smallest absolute Gasteiger partial charge is 0.191 e. The highest BCUT2D eigenvalue weighted by Gasteiger charge is 2.11. The molecule has 6 heteroatoms. The molecule has 0 heterocycles. The SMILES string of the molecule is CN=C(NCc1cc(C)cc(OC)c1)NC(C)c1ccc(F)c(F)c1. The van der Waals surface area contributed by atoms with Crippen LogP contribution >= 0.6 is 0 Å². The van der Waals surface area contributed by atoms with E-state index in [0.29, 0.717) is 18.1 Å². The van der Waals surface area contributed by atoms with Crippen molar-refractivity contribution in [2.75, 3.05) is 14.2 Å². The zero-order chi connectivity index (χ0) is 18.4. The Morgan fingerprint density at radius 1 is 1.16 bits per heavy atom. The maximum atomic E-state index is 13.4. The zero-order valence-corrected chi connectivity index (χ0v) is 14.9. The normalized spacial score (nSPS) is 12.6. The molecular formula is C19H23F2N3O. The highest BCUT2D eigenvalue weighted by atomic mass is 19.2. The van der Waals surface area contributed by atoms with Crippen molar-refractivity contribution in [3.8, 4) is 5.75 Å². The lowest BCUT2D eigenvalue weighted by Gasteiger charge is -2.19. The van der Waals surface area contributed by atoms with Gasteiger partial charge in [0, 0.05) is 13.6 Å². The predicted molar refractivity (Wildman–Crippen MR) is 95.8 cm³/mol. The summed E-state index contributed by atoms with van der Waals surface area (Å²) in [6.07, 6.45) is 0. The minimum Gasteiger partial charge on any atom is -0.497 e. The van der Waals surface area contributed by atoms with E-state index in [4.69, 9.17) is 4.74 Å². The van der Waals surface area contributed by atoms with Gasteiger partial charge in [-0.3, -0.25) is 4.99 Å². The summed E-state index contributed by atoms with van der Waals surface area (Å²) in [6, 6.07) is 9.60. The van der Waals surface area contributed by atoms with Gasteiger partial charge in [-0.1, -0.05) is 12.1 Å². The maximum absolute atomic E-state index is 13.4. The average Bonchev–Trinajstić information content (AvgIpc) is 2.60. The van der Waals surface area contributed by atoms with Gasteiger partial charge in [0.1, 0.15) is 5.75 Å². The van der Waals surface area contributed by atoms with Crippen LogP contribution in [0.5, 0.6) is 5.75 Å². The van der Waals surface area contributed by atoms with Crippen molar-refractivity contribution in [2.45, 2.75) is 26.4 Å². The molecule has 2 rings (SSSR count). The summed E-state index contributed by atoms with van der Waals surface area (Å²) in [5.41, 5.74) is 2.80. The minimum absolute atomic E-state index is 0.228. The third kappa shape index (κ3) is 5.17. The van der Waals surface area contributed by atoms with E-state index >= 15 is 0 Å². The van der Waals surface area contributed by atoms with E-state index in [1.54, 1.807) is 20.2 Å². The summed E-state index contributed by atoms with van der Waals surface area (Å²) in [5.74, 6) is -0.347. The van der Waals surface area contributed by atoms with E-state index in [9.17, 15) is 8.78 Å². The summed E-state index contributed by atoms with van der Waals surface area (Å²) in [5, 5.41) is 6.37. The van der Waals surface area contributed by atoms with Crippen molar-refractivity contribution >= 4 is 5.96 Å². The lowest BCUT2D eigenvalue weighted by Crippen LogP contribution is -2.38. The van der Waals surface area contributed by atoms with E-state index in [2.05, 4.69) is 21.7 Å². The van der Waals surface area contributed by atoms with Crippen LogP contribution in [-0.4, -0.2) is 20.1 Å². The van der Waals surface area contributed by atoms with Crippen LogP contribution < -0.4 is 15.4 Å². The van der Waals surface area contributed by atoms with Gasteiger partial charge in [0.2, 0.25) is 0 Å². The number of nitrogens with one attached hydrogen (secondary N) is 2. The molecule has 25 heavy (non-hydrogen) atoms. The van der Waals surface area contributed by atoms with E-state index < -0.39 is 11.6 Å². The van der Waals surface area contributed by atoms with Crippen LogP contribution in [0.1, 0.15) is 29.7 Å². The van der Waals surface area contributed by atoms with Crippen molar-refractivity contribution in [3.05, 3.63) is 64.7 Å². The quantitative estimate of drug-likeness (QED) is 0.640. The molecule has 0 fully saturated rings. The summed E-state index contributed by atoms with van der Waals surface area (Å²) in [7, 11) is 3.29. The second kappa shape index (κ2) is 8.46. The predicted octanol–water partition coefficient (Wildman–Crippen LogP) is 3.71. The highest BCUT2D eigenvalue weighted by Crippen LogP contribution is 2.17. The van der Waals surface area contributed by atoms with Crippen molar-refractivity contribution in [3.63, 3.8) is 0 Å². The van der Waals surface area contributed by atoms with E-state index in [1.165, 1.54) is 6.07 Å². The van der Waals surface area contributed by atoms with Crippen LogP contribution in [-0.2, 0) is 6.54 Å². The van der Waals surface area contributed by atoms with Crippen molar-refractivity contribution in [1.82, 2.24) is 10.6 Å². The number of nitrogens with zero attached hydrogens (tertiary/aromatic N) is 1. The van der Waals surface area contributed by atoms with Gasteiger partial charge in [0.05, 0.1) is 13.2 Å². The van der Waals surface area contributed by atoms with E-state index in [-0.39, 0.29) is 6.04 Å². The van der Waals surface area contributed by atoms with E-state index in [1.807, 2.05) is 26.0 Å². The molecule has 0 aromatic heterocycles. The summed E-state index contributed by atoms with van der Waals surface area (Å²) >= 11 is 0. The molecule has 2 aromatic rings. The number of guanidine groups is 1. The van der Waals surface area contributed by atoms with Gasteiger partial charge >= 0.3 is 0 Å². The third-order valence-corrected chi connectivity index (χ3v) is 3.83. The molecule has 2 N–H and O–H groups in total. The fourth-order valence-corrected chi connectivity index (χ4v) is 2.50. The zero-order valence-electron chi connectivity index (χ0n) is 14.9. The number of hydrogen-bond acceptors (Lipinski definition) is 2. The fraction of sp³-hybridized carbons (Fsp3) is 0.316. The highest BCUT2D eigenvalue weighted by molar-refractivity contribution is 5.80. The molecule has 0 spiro atoms. The molecular weight excluding hydrogens is 324 g/mol. The number of rotatable bonds is 5. The Morgan fingerprint density at radius 2 is 1.92 bits per heavy atom. The Bertz CT molecular complexity index is 762. The van der Waals surface area contributed by atoms with Gasteiger partial charge in [-0.05, 0) is 54.8 Å². The molecule has 134 valence electrons. The Balaban J connectivity index is 2.00. The van der Waals surface area contributed by atoms with Gasteiger partial charge in [0.15, 0.2) is 17.6 Å². The summed E-state index contributed by atoms with van der Waals surface area (Å²) in [6.45, 7) is 4.42. The molecule has 0 aliphatic carbocycles. The Kier molecular flexibility index (Phi) is 6.33. The van der Waals surface area contributed by atoms with Crippen LogP contribution in [0.3, 0.4) is 0 Å². The lowest BCUT2D eigenvalue weighted by molar-refractivity contribution is 0.414. The molecule has 0 amide bonds. The number of halogens is 2. The first-order valence-electron chi connectivity index (χ1n) is 7.99. The van der Waals surface area contributed by atoms with Crippen LogP contribution in [0, 0.1) is 18.6 Å². The van der Waals surface area contributed by atoms with Gasteiger partial charge in [-0.2, -0.15) is 0 Å². The second-order valence-electron chi connectivity index (χ2n) is 5.82. The minimum atomic E-state index is -0.860. The second-order valence-corrected chi connectivity index (χ2v) is 5.82. The third-order valence-electron chi connectivity index (χ3n) is 3.83. The van der Waals surface area contributed by atoms with Crippen molar-refractivity contribution < 1.29 is 13.5 Å². The molecule has 0 radical (unpaired) electrons. The lowest BCUT2D eigenvalue weighted by atomic mass is 10.1. The van der Waals surface area contributed by atoms with Crippen molar-refractivity contribution in [1.29, 1.82) is 0 Å². The maximum Gasteiger partial charge on any atom is 0.191 e. The topological polar surface area (TPSA) is 45.7 Å². The first kappa shape index (κ1) is 18.7. The standard InChI is InChI=1S/C19H23F2N3O/c1-12-7-14(9-16(8-12)25-4)11-23-19(22-3)24-13(2)15-5-6-17(20)18(21)10-15/h5-10,13H,11H2,1-4H3,(H2,22,23,24). The molecule has 4 nitrogen and oxygen atoms in total. The van der Waals surface area contributed by atoms with Crippen molar-refractivity contribution in [2.24, 2.45) is 4.99 Å². The molecule has 0 saturated heterocycles. The summed E-state index contributed by atoms with van der Waals surface area (Å²) < 4.78 is 31.7. The molecule has 0 bridgehead atoms. The van der Waals surface area contributed by atoms with E-state index in [0.717, 1.165) is 22.9 Å². The van der Waals surface area contributed by atoms with Crippen LogP contribution in [0.25, 0.3) is 0 Å². The average molecular weight is 347 g/mol. The van der Waals surface area contributed by atoms with Gasteiger partial charge in [-0.15, -0.1) is 0 Å². The molecule has 0 aliphatic rings. The monoisotopic (exact) mass is 347 g/mol. The number of methoxy groups -OCH3 is 1. The molecule has 1 unspecified atom stereocenters. The number of ether oxygens (including phenoxy) is 1. The Hall–Kier alpha value is -2.63. The first-order chi connectivity index (χ1) is 11.9. The van der Waals surface area contributed by atoms with Crippen LogP contribution in [0.15, 0.2) is 41.4 Å². The summed E-state index contributed by atoms with van der Waals surface area (Å²) in [4.78, 5) is 4.17. The van der Waals surface area contributed by atoms with Crippen LogP contribution in [0.2, 0.25) is 0 Å². The molecule has 0 saturated carbocycles. The fourth-order valence-electron chi connectivity index (χ4n) is 2.50. The number of aliphatic imine (C=N–C) groups is 1. The molecule has 2 aromatic carbocycles. The Morgan fingerprint density at radius 3 is 2.56 bits per heavy atom. The molecule has 1 atom stereocenters.